The van der Waals surface area contributed by atoms with Gasteiger partial charge in [-0.1, -0.05) is 17.3 Å². The lowest BCUT2D eigenvalue weighted by atomic mass is 10.3. The molecule has 0 unspecified atom stereocenters. The number of ether oxygens (including phenoxy) is 1. The van der Waals surface area contributed by atoms with Gasteiger partial charge < -0.3 is 14.2 Å². The van der Waals surface area contributed by atoms with Crippen molar-refractivity contribution in [3.05, 3.63) is 42.2 Å². The van der Waals surface area contributed by atoms with Crippen LogP contribution in [0.4, 0.5) is 5.82 Å². The molecule has 0 N–H and O–H groups in total. The molecule has 114 valence electrons. The Morgan fingerprint density at radius 2 is 2.00 bits per heavy atom. The summed E-state index contributed by atoms with van der Waals surface area (Å²) in [4.78, 5) is 15.2. The van der Waals surface area contributed by atoms with Crippen LogP contribution in [-0.2, 0) is 17.7 Å². The molecule has 0 aliphatic heterocycles. The highest BCUT2D eigenvalue weighted by Crippen LogP contribution is 2.15. The lowest BCUT2D eigenvalue weighted by molar-refractivity contribution is 0.199. The predicted octanol–water partition coefficient (Wildman–Crippen LogP) is 1.84. The first-order chi connectivity index (χ1) is 10.8. The lowest BCUT2D eigenvalue weighted by Crippen LogP contribution is -2.18. The average molecular weight is 299 g/mol. The SMILES string of the molecule is COCCc1noc(CN(C)c2cnc3ccccc3n2)n1. The fraction of sp³-hybridized carbons (Fsp3) is 0.333. The molecular weight excluding hydrogens is 282 g/mol. The molecule has 7 nitrogen and oxygen atoms in total. The standard InChI is InChI=1S/C15H17N5O2/c1-20(10-15-18-13(19-22-15)7-8-21-2)14-9-16-11-5-3-4-6-12(11)17-14/h3-6,9H,7-8,10H2,1-2H3. The lowest BCUT2D eigenvalue weighted by Gasteiger charge is -2.15. The van der Waals surface area contributed by atoms with E-state index in [0.717, 1.165) is 16.9 Å². The first-order valence-electron chi connectivity index (χ1n) is 6.99. The quantitative estimate of drug-likeness (QED) is 0.687. The van der Waals surface area contributed by atoms with Gasteiger partial charge in [0.05, 0.1) is 30.4 Å². The number of hydrogen-bond donors (Lipinski definition) is 0. The minimum atomic E-state index is 0.479. The number of rotatable bonds is 6. The predicted molar refractivity (Wildman–Crippen MR) is 81.5 cm³/mol. The van der Waals surface area contributed by atoms with E-state index in [1.807, 2.05) is 36.2 Å². The van der Waals surface area contributed by atoms with Gasteiger partial charge in [0.2, 0.25) is 5.89 Å². The maximum atomic E-state index is 5.23. The summed E-state index contributed by atoms with van der Waals surface area (Å²) in [6.45, 7) is 1.05. The Bertz CT molecular complexity index is 758. The minimum absolute atomic E-state index is 0.479. The Balaban J connectivity index is 1.72. The topological polar surface area (TPSA) is 77.2 Å². The number of aromatic nitrogens is 4. The first kappa shape index (κ1) is 14.4. The maximum Gasteiger partial charge on any atom is 0.246 e. The van der Waals surface area contributed by atoms with E-state index >= 15 is 0 Å². The van der Waals surface area contributed by atoms with Crippen molar-refractivity contribution in [2.45, 2.75) is 13.0 Å². The summed E-state index contributed by atoms with van der Waals surface area (Å²) in [5.41, 5.74) is 1.73. The molecule has 0 fully saturated rings. The summed E-state index contributed by atoms with van der Waals surface area (Å²) >= 11 is 0. The van der Waals surface area contributed by atoms with Gasteiger partial charge in [-0.2, -0.15) is 4.98 Å². The zero-order valence-corrected chi connectivity index (χ0v) is 12.6. The molecule has 22 heavy (non-hydrogen) atoms. The first-order valence-corrected chi connectivity index (χ1v) is 6.99. The van der Waals surface area contributed by atoms with Crippen molar-refractivity contribution in [3.8, 4) is 0 Å². The smallest absolute Gasteiger partial charge is 0.246 e. The number of fused-ring (bicyclic) bond motifs is 1. The van der Waals surface area contributed by atoms with Gasteiger partial charge in [-0.25, -0.2) is 4.98 Å². The third-order valence-electron chi connectivity index (χ3n) is 3.24. The van der Waals surface area contributed by atoms with Gasteiger partial charge in [0.1, 0.15) is 5.82 Å². The molecule has 0 radical (unpaired) electrons. The minimum Gasteiger partial charge on any atom is -0.384 e. The molecule has 0 saturated heterocycles. The number of nitrogens with zero attached hydrogens (tertiary/aromatic N) is 5. The molecule has 2 heterocycles. The molecule has 0 aliphatic rings. The molecule has 0 aliphatic carbocycles. The van der Waals surface area contributed by atoms with Crippen LogP contribution in [0.3, 0.4) is 0 Å². The number of hydrogen-bond acceptors (Lipinski definition) is 7. The van der Waals surface area contributed by atoms with E-state index in [9.17, 15) is 0 Å². The summed E-state index contributed by atoms with van der Waals surface area (Å²) in [5.74, 6) is 1.95. The van der Waals surface area contributed by atoms with Crippen LogP contribution in [0.15, 0.2) is 35.0 Å². The van der Waals surface area contributed by atoms with E-state index in [1.165, 1.54) is 0 Å². The third-order valence-corrected chi connectivity index (χ3v) is 3.24. The molecule has 0 spiro atoms. The molecule has 3 rings (SSSR count). The van der Waals surface area contributed by atoms with E-state index in [4.69, 9.17) is 9.26 Å². The second-order valence-electron chi connectivity index (χ2n) is 4.92. The van der Waals surface area contributed by atoms with Crippen molar-refractivity contribution in [1.29, 1.82) is 0 Å². The number of benzene rings is 1. The second kappa shape index (κ2) is 6.48. The number of methoxy groups -OCH3 is 1. The van der Waals surface area contributed by atoms with E-state index < -0.39 is 0 Å². The van der Waals surface area contributed by atoms with E-state index in [2.05, 4.69) is 20.1 Å². The summed E-state index contributed by atoms with van der Waals surface area (Å²) < 4.78 is 10.2. The van der Waals surface area contributed by atoms with Crippen molar-refractivity contribution >= 4 is 16.9 Å². The van der Waals surface area contributed by atoms with Gasteiger partial charge in [-0.15, -0.1) is 0 Å². The summed E-state index contributed by atoms with van der Waals surface area (Å²) in [6.07, 6.45) is 2.38. The zero-order valence-electron chi connectivity index (χ0n) is 12.6. The van der Waals surface area contributed by atoms with E-state index in [1.54, 1.807) is 13.3 Å². The number of anilines is 1. The van der Waals surface area contributed by atoms with E-state index in [-0.39, 0.29) is 0 Å². The van der Waals surface area contributed by atoms with Gasteiger partial charge >= 0.3 is 0 Å². The summed E-state index contributed by atoms with van der Waals surface area (Å²) in [5, 5.41) is 3.92. The van der Waals surface area contributed by atoms with Crippen LogP contribution in [0, 0.1) is 0 Å². The normalized spacial score (nSPS) is 11.0. The van der Waals surface area contributed by atoms with E-state index in [0.29, 0.717) is 31.3 Å². The van der Waals surface area contributed by atoms with Gasteiger partial charge in [0, 0.05) is 20.6 Å². The van der Waals surface area contributed by atoms with Crippen molar-refractivity contribution in [2.24, 2.45) is 0 Å². The second-order valence-corrected chi connectivity index (χ2v) is 4.92. The van der Waals surface area contributed by atoms with Crippen molar-refractivity contribution in [2.75, 3.05) is 25.7 Å². The Morgan fingerprint density at radius 3 is 2.82 bits per heavy atom. The fourth-order valence-electron chi connectivity index (χ4n) is 2.06. The average Bonchev–Trinajstić information content (AvgIpc) is 2.99. The van der Waals surface area contributed by atoms with Crippen molar-refractivity contribution in [3.63, 3.8) is 0 Å². The Labute approximate surface area is 127 Å². The van der Waals surface area contributed by atoms with Crippen LogP contribution in [0.5, 0.6) is 0 Å². The van der Waals surface area contributed by atoms with Crippen LogP contribution in [0.2, 0.25) is 0 Å². The third kappa shape index (κ3) is 3.20. The summed E-state index contributed by atoms with van der Waals surface area (Å²) in [7, 11) is 3.56. The molecular formula is C15H17N5O2. The van der Waals surface area contributed by atoms with Crippen LogP contribution < -0.4 is 4.90 Å². The van der Waals surface area contributed by atoms with Crippen LogP contribution in [-0.4, -0.2) is 40.9 Å². The molecule has 3 aromatic rings. The molecule has 0 saturated carbocycles. The molecule has 1 aromatic carbocycles. The Hall–Kier alpha value is -2.54. The molecule has 0 atom stereocenters. The number of para-hydroxylation sites is 2. The molecule has 0 bridgehead atoms. The van der Waals surface area contributed by atoms with Crippen LogP contribution in [0.25, 0.3) is 11.0 Å². The van der Waals surface area contributed by atoms with Crippen molar-refractivity contribution in [1.82, 2.24) is 20.1 Å². The van der Waals surface area contributed by atoms with Gasteiger partial charge in [-0.05, 0) is 12.1 Å². The fourth-order valence-corrected chi connectivity index (χ4v) is 2.06. The maximum absolute atomic E-state index is 5.23. The van der Waals surface area contributed by atoms with Gasteiger partial charge in [-0.3, -0.25) is 4.98 Å². The Kier molecular flexibility index (Phi) is 4.24. The largest absolute Gasteiger partial charge is 0.384 e. The van der Waals surface area contributed by atoms with Crippen LogP contribution >= 0.6 is 0 Å². The zero-order chi connectivity index (χ0) is 15.4. The van der Waals surface area contributed by atoms with Crippen LogP contribution in [0.1, 0.15) is 11.7 Å². The molecule has 2 aromatic heterocycles. The highest BCUT2D eigenvalue weighted by atomic mass is 16.5. The van der Waals surface area contributed by atoms with Crippen molar-refractivity contribution < 1.29 is 9.26 Å². The molecule has 7 heteroatoms. The van der Waals surface area contributed by atoms with Gasteiger partial charge in [0.25, 0.3) is 0 Å². The summed E-state index contributed by atoms with van der Waals surface area (Å²) in [6, 6.07) is 7.77. The molecule has 0 amide bonds. The van der Waals surface area contributed by atoms with Gasteiger partial charge in [0.15, 0.2) is 5.82 Å². The Morgan fingerprint density at radius 1 is 1.18 bits per heavy atom. The monoisotopic (exact) mass is 299 g/mol. The highest BCUT2D eigenvalue weighted by Gasteiger charge is 2.11. The highest BCUT2D eigenvalue weighted by molar-refractivity contribution is 5.75.